The fourth-order valence-corrected chi connectivity index (χ4v) is 4.48. The van der Waals surface area contributed by atoms with Crippen LogP contribution >= 0.6 is 0 Å². The Morgan fingerprint density at radius 2 is 1.54 bits per heavy atom. The zero-order valence-electron chi connectivity index (χ0n) is 23.0. The lowest BCUT2D eigenvalue weighted by Gasteiger charge is -2.40. The summed E-state index contributed by atoms with van der Waals surface area (Å²) >= 11 is 0. The van der Waals surface area contributed by atoms with Crippen LogP contribution in [0.15, 0.2) is 41.5 Å². The molecule has 0 aromatic heterocycles. The molecule has 0 aliphatic rings. The summed E-state index contributed by atoms with van der Waals surface area (Å²) in [6, 6.07) is 7.90. The van der Waals surface area contributed by atoms with Gasteiger partial charge in [0.05, 0.1) is 6.04 Å². The molecule has 1 aromatic rings. The maximum Gasteiger partial charge on any atom is 0.331 e. The van der Waals surface area contributed by atoms with E-state index in [1.807, 2.05) is 71.9 Å². The van der Waals surface area contributed by atoms with Crippen molar-refractivity contribution in [3.8, 4) is 0 Å². The lowest BCUT2D eigenvalue weighted by atomic mass is 9.78. The molecule has 0 fully saturated rings. The van der Waals surface area contributed by atoms with E-state index >= 15 is 0 Å². The number of nitrogens with one attached hydrogen (secondary N) is 1. The van der Waals surface area contributed by atoms with Crippen LogP contribution in [0.25, 0.3) is 0 Å². The minimum atomic E-state index is -1.38. The number of likely N-dealkylation sites (N-methyl/N-ethyl adjacent to an activating group) is 1. The van der Waals surface area contributed by atoms with E-state index in [9.17, 15) is 24.6 Å². The van der Waals surface area contributed by atoms with E-state index in [2.05, 4.69) is 5.32 Å². The molecule has 0 bridgehead atoms. The van der Waals surface area contributed by atoms with Crippen LogP contribution in [-0.4, -0.2) is 58.1 Å². The second-order valence-electron chi connectivity index (χ2n) is 11.2. The molecule has 1 aromatic carbocycles. The molecule has 0 radical (unpaired) electrons. The van der Waals surface area contributed by atoms with E-state index in [1.54, 1.807) is 32.7 Å². The van der Waals surface area contributed by atoms with Gasteiger partial charge in [0.1, 0.15) is 12.1 Å². The van der Waals surface area contributed by atoms with Gasteiger partial charge in [-0.3, -0.25) is 9.59 Å². The Labute approximate surface area is 210 Å². The van der Waals surface area contributed by atoms with E-state index in [0.717, 1.165) is 5.56 Å². The van der Waals surface area contributed by atoms with Crippen molar-refractivity contribution in [2.24, 2.45) is 11.3 Å². The van der Waals surface area contributed by atoms with E-state index in [4.69, 9.17) is 0 Å². The molecule has 7 nitrogen and oxygen atoms in total. The Kier molecular flexibility index (Phi) is 10.3. The van der Waals surface area contributed by atoms with Crippen molar-refractivity contribution < 1.29 is 24.6 Å². The highest BCUT2D eigenvalue weighted by Crippen LogP contribution is 2.30. The molecule has 1 unspecified atom stereocenters. The largest absolute Gasteiger partial charge is 0.478 e. The number of carboxylic acid groups (broad SMARTS) is 1. The van der Waals surface area contributed by atoms with E-state index in [-0.39, 0.29) is 17.4 Å². The Morgan fingerprint density at radius 3 is 1.94 bits per heavy atom. The molecule has 3 N–H and O–H groups in total. The minimum Gasteiger partial charge on any atom is -0.478 e. The average molecular weight is 489 g/mol. The second-order valence-corrected chi connectivity index (χ2v) is 11.2. The Morgan fingerprint density at radius 1 is 1.03 bits per heavy atom. The molecule has 2 amide bonds. The lowest BCUT2D eigenvalue weighted by molar-refractivity contribution is -0.143. The van der Waals surface area contributed by atoms with Gasteiger partial charge in [0.25, 0.3) is 0 Å². The predicted molar refractivity (Wildman–Crippen MR) is 139 cm³/mol. The standard InChI is InChI=1S/C28H44N2O5/c1-11-20(18(4)26(34)35)21(17(2)3)30(10)25(33)22(27(5,6)7)29-24(32)23(31)28(8,9)19-15-13-12-14-16-19/h12-17,21-23,31H,11H2,1-10H3,(H,29,32)(H,34,35)/t21-,22+,23?/m0/s1. The molecule has 0 saturated carbocycles. The van der Waals surface area contributed by atoms with Crippen LogP contribution in [0.4, 0.5) is 0 Å². The van der Waals surface area contributed by atoms with E-state index in [0.29, 0.717) is 12.0 Å². The Hall–Kier alpha value is -2.67. The number of carbonyl (C=O) groups excluding carboxylic acids is 2. The van der Waals surface area contributed by atoms with Crippen LogP contribution in [0.3, 0.4) is 0 Å². The Balaban J connectivity index is 3.34. The number of nitrogens with zero attached hydrogens (tertiary/aromatic N) is 1. The van der Waals surface area contributed by atoms with Gasteiger partial charge in [0.15, 0.2) is 0 Å². The molecule has 0 aliphatic carbocycles. The first-order chi connectivity index (χ1) is 16.0. The normalized spacial score (nSPS) is 15.7. The van der Waals surface area contributed by atoms with Crippen molar-refractivity contribution in [3.63, 3.8) is 0 Å². The summed E-state index contributed by atoms with van der Waals surface area (Å²) in [4.78, 5) is 40.2. The number of hydrogen-bond acceptors (Lipinski definition) is 4. The highest BCUT2D eigenvalue weighted by atomic mass is 16.4. The van der Waals surface area contributed by atoms with Gasteiger partial charge in [0.2, 0.25) is 11.8 Å². The number of hydrogen-bond donors (Lipinski definition) is 3. The van der Waals surface area contributed by atoms with Gasteiger partial charge >= 0.3 is 5.97 Å². The maximum atomic E-state index is 13.8. The lowest BCUT2D eigenvalue weighted by Crippen LogP contribution is -2.59. The van der Waals surface area contributed by atoms with Gasteiger partial charge < -0.3 is 20.4 Å². The van der Waals surface area contributed by atoms with Gasteiger partial charge in [-0.15, -0.1) is 0 Å². The van der Waals surface area contributed by atoms with Crippen LogP contribution in [0.1, 0.15) is 74.3 Å². The number of aliphatic hydroxyl groups excluding tert-OH is 1. The van der Waals surface area contributed by atoms with Gasteiger partial charge in [0, 0.05) is 18.0 Å². The van der Waals surface area contributed by atoms with Crippen LogP contribution in [0.2, 0.25) is 0 Å². The molecule has 3 atom stereocenters. The van der Waals surface area contributed by atoms with Gasteiger partial charge in [-0.05, 0) is 35.8 Å². The van der Waals surface area contributed by atoms with Crippen molar-refractivity contribution in [2.45, 2.75) is 92.3 Å². The molecular formula is C28H44N2O5. The molecule has 0 saturated heterocycles. The highest BCUT2D eigenvalue weighted by molar-refractivity contribution is 5.91. The van der Waals surface area contributed by atoms with Crippen LogP contribution in [-0.2, 0) is 19.8 Å². The van der Waals surface area contributed by atoms with Gasteiger partial charge in [-0.2, -0.15) is 0 Å². The Bertz CT molecular complexity index is 928. The van der Waals surface area contributed by atoms with Crippen molar-refractivity contribution in [1.82, 2.24) is 10.2 Å². The van der Waals surface area contributed by atoms with Crippen molar-refractivity contribution in [1.29, 1.82) is 0 Å². The van der Waals surface area contributed by atoms with Crippen molar-refractivity contribution >= 4 is 17.8 Å². The number of carboxylic acids is 1. The van der Waals surface area contributed by atoms with Crippen LogP contribution in [0, 0.1) is 11.3 Å². The zero-order chi connectivity index (χ0) is 27.3. The minimum absolute atomic E-state index is 0.0490. The molecule has 7 heteroatoms. The SMILES string of the molecule is CCC(=C(C)C(=O)O)[C@H](C(C)C)N(C)C(=O)[C@@H](NC(=O)C(O)C(C)(C)c1ccccc1)C(C)(C)C. The fraction of sp³-hybridized carbons (Fsp3) is 0.607. The first-order valence-corrected chi connectivity index (χ1v) is 12.2. The molecule has 0 spiro atoms. The summed E-state index contributed by atoms with van der Waals surface area (Å²) in [7, 11) is 1.65. The number of rotatable bonds is 10. The zero-order valence-corrected chi connectivity index (χ0v) is 23.0. The molecule has 196 valence electrons. The quantitative estimate of drug-likeness (QED) is 0.429. The summed E-state index contributed by atoms with van der Waals surface area (Å²) in [5.41, 5.74) is 0.173. The highest BCUT2D eigenvalue weighted by Gasteiger charge is 2.42. The maximum absolute atomic E-state index is 13.8. The molecule has 0 heterocycles. The molecule has 0 aliphatic heterocycles. The average Bonchev–Trinajstić information content (AvgIpc) is 2.78. The van der Waals surface area contributed by atoms with Crippen LogP contribution < -0.4 is 5.32 Å². The topological polar surface area (TPSA) is 107 Å². The smallest absolute Gasteiger partial charge is 0.331 e. The summed E-state index contributed by atoms with van der Waals surface area (Å²) in [6.45, 7) is 16.4. The molecule has 1 rings (SSSR count). The number of amides is 2. The summed E-state index contributed by atoms with van der Waals surface area (Å²) < 4.78 is 0. The summed E-state index contributed by atoms with van der Waals surface area (Å²) in [5.74, 6) is -2.03. The second kappa shape index (κ2) is 11.8. The fourth-order valence-electron chi connectivity index (χ4n) is 4.48. The van der Waals surface area contributed by atoms with Crippen LogP contribution in [0.5, 0.6) is 0 Å². The van der Waals surface area contributed by atoms with Crippen molar-refractivity contribution in [2.75, 3.05) is 7.05 Å². The van der Waals surface area contributed by atoms with Gasteiger partial charge in [-0.1, -0.05) is 85.7 Å². The third-order valence-corrected chi connectivity index (χ3v) is 6.79. The third-order valence-electron chi connectivity index (χ3n) is 6.79. The monoisotopic (exact) mass is 488 g/mol. The number of aliphatic carboxylic acids is 1. The number of benzene rings is 1. The predicted octanol–water partition coefficient (Wildman–Crippen LogP) is 4.15. The number of aliphatic hydroxyl groups is 1. The van der Waals surface area contributed by atoms with E-state index < -0.39 is 40.9 Å². The molecular weight excluding hydrogens is 444 g/mol. The van der Waals surface area contributed by atoms with Gasteiger partial charge in [-0.25, -0.2) is 4.79 Å². The summed E-state index contributed by atoms with van der Waals surface area (Å²) in [5, 5.41) is 23.4. The first kappa shape index (κ1) is 30.4. The van der Waals surface area contributed by atoms with Crippen molar-refractivity contribution in [3.05, 3.63) is 47.0 Å². The summed E-state index contributed by atoms with van der Waals surface area (Å²) in [6.07, 6.45) is -0.899. The first-order valence-electron chi connectivity index (χ1n) is 12.2. The number of carbonyl (C=O) groups is 3. The van der Waals surface area contributed by atoms with E-state index in [1.165, 1.54) is 0 Å². The third kappa shape index (κ3) is 7.17. The molecule has 35 heavy (non-hydrogen) atoms.